The Kier molecular flexibility index (Phi) is 3.93. The Morgan fingerprint density at radius 3 is 2.28 bits per heavy atom. The number of pyridine rings is 1. The van der Waals surface area contributed by atoms with Crippen molar-refractivity contribution in [3.8, 4) is 11.5 Å². The maximum absolute atomic E-state index is 5.87. The van der Waals surface area contributed by atoms with Crippen molar-refractivity contribution in [2.45, 2.75) is 20.8 Å². The van der Waals surface area contributed by atoms with Gasteiger partial charge in [0, 0.05) is 22.3 Å². The summed E-state index contributed by atoms with van der Waals surface area (Å²) in [5.74, 6) is 1.54. The Labute approximate surface area is 120 Å². The lowest BCUT2D eigenvalue weighted by atomic mass is 10.1. The van der Waals surface area contributed by atoms with Gasteiger partial charge in [-0.15, -0.1) is 0 Å². The highest BCUT2D eigenvalue weighted by Crippen LogP contribution is 2.31. The molecule has 0 aliphatic heterocycles. The maximum Gasteiger partial charge on any atom is 0.134 e. The highest BCUT2D eigenvalue weighted by molar-refractivity contribution is 9.10. The predicted octanol–water partition coefficient (Wildman–Crippen LogP) is 5.22. The quantitative estimate of drug-likeness (QED) is 0.706. The molecule has 0 bridgehead atoms. The number of aryl methyl sites for hydroxylation is 3. The Bertz CT molecular complexity index is 575. The van der Waals surface area contributed by atoms with Gasteiger partial charge in [-0.3, -0.25) is 0 Å². The molecule has 0 aliphatic carbocycles. The molecule has 0 aliphatic rings. The summed E-state index contributed by atoms with van der Waals surface area (Å²) in [7, 11) is 0. The van der Waals surface area contributed by atoms with E-state index in [-0.39, 0.29) is 0 Å². The van der Waals surface area contributed by atoms with Crippen LogP contribution in [0.25, 0.3) is 0 Å². The number of halogens is 2. The van der Waals surface area contributed by atoms with Crippen molar-refractivity contribution < 1.29 is 4.74 Å². The first-order valence-corrected chi connectivity index (χ1v) is 6.71. The third kappa shape index (κ3) is 2.85. The minimum absolute atomic E-state index is 0.432. The van der Waals surface area contributed by atoms with E-state index in [1.54, 1.807) is 12.3 Å². The highest BCUT2D eigenvalue weighted by atomic mass is 79.9. The van der Waals surface area contributed by atoms with Gasteiger partial charge in [-0.25, -0.2) is 4.98 Å². The molecule has 0 saturated carbocycles. The molecule has 0 radical (unpaired) electrons. The van der Waals surface area contributed by atoms with Gasteiger partial charge in [0.2, 0.25) is 0 Å². The average molecular weight is 327 g/mol. The molecule has 2 rings (SSSR count). The second-order valence-corrected chi connectivity index (χ2v) is 5.43. The number of nitrogens with zero attached hydrogens (tertiary/aromatic N) is 1. The van der Waals surface area contributed by atoms with Gasteiger partial charge in [0.25, 0.3) is 0 Å². The standard InChI is InChI=1S/C14H13BrClNO/c1-8-4-11(5-9(2)14(8)15)18-12-6-13(16)17-7-10(12)3/h4-7H,1-3H3. The van der Waals surface area contributed by atoms with Crippen LogP contribution >= 0.6 is 27.5 Å². The van der Waals surface area contributed by atoms with Gasteiger partial charge in [-0.2, -0.15) is 0 Å². The fourth-order valence-corrected chi connectivity index (χ4v) is 2.06. The third-order valence-corrected chi connectivity index (χ3v) is 4.12. The van der Waals surface area contributed by atoms with Crippen LogP contribution in [0.5, 0.6) is 11.5 Å². The largest absolute Gasteiger partial charge is 0.457 e. The molecular weight excluding hydrogens is 314 g/mol. The van der Waals surface area contributed by atoms with Crippen LogP contribution < -0.4 is 4.74 Å². The molecule has 0 saturated heterocycles. The molecule has 1 aromatic carbocycles. The normalized spacial score (nSPS) is 10.5. The fourth-order valence-electron chi connectivity index (χ4n) is 1.68. The highest BCUT2D eigenvalue weighted by Gasteiger charge is 2.07. The van der Waals surface area contributed by atoms with Crippen molar-refractivity contribution in [1.82, 2.24) is 4.98 Å². The predicted molar refractivity (Wildman–Crippen MR) is 77.7 cm³/mol. The van der Waals surface area contributed by atoms with E-state index in [0.29, 0.717) is 5.15 Å². The number of aromatic nitrogens is 1. The molecule has 94 valence electrons. The van der Waals surface area contributed by atoms with E-state index in [1.807, 2.05) is 32.9 Å². The van der Waals surface area contributed by atoms with Crippen LogP contribution in [0.15, 0.2) is 28.9 Å². The minimum atomic E-state index is 0.432. The maximum atomic E-state index is 5.87. The van der Waals surface area contributed by atoms with Crippen molar-refractivity contribution >= 4 is 27.5 Å². The van der Waals surface area contributed by atoms with Crippen LogP contribution in [-0.2, 0) is 0 Å². The molecule has 0 unspecified atom stereocenters. The molecule has 0 atom stereocenters. The van der Waals surface area contributed by atoms with Crippen LogP contribution in [-0.4, -0.2) is 4.98 Å². The van der Waals surface area contributed by atoms with Crippen molar-refractivity contribution in [3.05, 3.63) is 50.7 Å². The number of hydrogen-bond donors (Lipinski definition) is 0. The molecule has 1 heterocycles. The zero-order valence-electron chi connectivity index (χ0n) is 10.4. The summed E-state index contributed by atoms with van der Waals surface area (Å²) in [6.45, 7) is 6.02. The lowest BCUT2D eigenvalue weighted by Gasteiger charge is -2.11. The van der Waals surface area contributed by atoms with E-state index in [9.17, 15) is 0 Å². The first-order valence-electron chi connectivity index (χ1n) is 5.54. The monoisotopic (exact) mass is 325 g/mol. The van der Waals surface area contributed by atoms with Crippen molar-refractivity contribution in [2.75, 3.05) is 0 Å². The van der Waals surface area contributed by atoms with Crippen molar-refractivity contribution in [2.24, 2.45) is 0 Å². The Hall–Kier alpha value is -1.06. The summed E-state index contributed by atoms with van der Waals surface area (Å²) in [5, 5.41) is 0.432. The first-order chi connectivity index (χ1) is 8.47. The van der Waals surface area contributed by atoms with Gasteiger partial charge < -0.3 is 4.74 Å². The van der Waals surface area contributed by atoms with E-state index in [2.05, 4.69) is 20.9 Å². The summed E-state index contributed by atoms with van der Waals surface area (Å²) >= 11 is 9.41. The topological polar surface area (TPSA) is 22.1 Å². The summed E-state index contributed by atoms with van der Waals surface area (Å²) in [4.78, 5) is 4.01. The van der Waals surface area contributed by atoms with Crippen molar-refractivity contribution in [3.63, 3.8) is 0 Å². The van der Waals surface area contributed by atoms with Gasteiger partial charge >= 0.3 is 0 Å². The van der Waals surface area contributed by atoms with Crippen LogP contribution in [0.3, 0.4) is 0 Å². The molecule has 0 N–H and O–H groups in total. The third-order valence-electron chi connectivity index (χ3n) is 2.66. The molecule has 4 heteroatoms. The van der Waals surface area contributed by atoms with Gasteiger partial charge in [-0.05, 0) is 44.0 Å². The lowest BCUT2D eigenvalue weighted by Crippen LogP contribution is -1.91. The zero-order chi connectivity index (χ0) is 13.3. The second-order valence-electron chi connectivity index (χ2n) is 4.25. The number of ether oxygens (including phenoxy) is 1. The minimum Gasteiger partial charge on any atom is -0.457 e. The van der Waals surface area contributed by atoms with E-state index < -0.39 is 0 Å². The van der Waals surface area contributed by atoms with E-state index in [4.69, 9.17) is 16.3 Å². The van der Waals surface area contributed by atoms with E-state index >= 15 is 0 Å². The van der Waals surface area contributed by atoms with Gasteiger partial charge in [0.15, 0.2) is 0 Å². The molecular formula is C14H13BrClNO. The molecule has 18 heavy (non-hydrogen) atoms. The first kappa shape index (κ1) is 13.4. The number of rotatable bonds is 2. The summed E-state index contributed by atoms with van der Waals surface area (Å²) in [5.41, 5.74) is 3.24. The molecule has 0 fully saturated rings. The molecule has 1 aromatic heterocycles. The van der Waals surface area contributed by atoms with E-state index in [1.165, 1.54) is 0 Å². The summed E-state index contributed by atoms with van der Waals surface area (Å²) < 4.78 is 6.97. The fraction of sp³-hybridized carbons (Fsp3) is 0.214. The Balaban J connectivity index is 2.37. The second kappa shape index (κ2) is 5.29. The van der Waals surface area contributed by atoms with Gasteiger partial charge in [0.05, 0.1) is 0 Å². The molecule has 2 nitrogen and oxygen atoms in total. The molecule has 0 spiro atoms. The zero-order valence-corrected chi connectivity index (χ0v) is 12.8. The van der Waals surface area contributed by atoms with Crippen molar-refractivity contribution in [1.29, 1.82) is 0 Å². The summed E-state index contributed by atoms with van der Waals surface area (Å²) in [6.07, 6.45) is 1.70. The van der Waals surface area contributed by atoms with Crippen LogP contribution in [0.1, 0.15) is 16.7 Å². The van der Waals surface area contributed by atoms with Gasteiger partial charge in [-0.1, -0.05) is 27.5 Å². The average Bonchev–Trinajstić information content (AvgIpc) is 2.31. The smallest absolute Gasteiger partial charge is 0.134 e. The number of hydrogen-bond acceptors (Lipinski definition) is 2. The Morgan fingerprint density at radius 1 is 1.06 bits per heavy atom. The summed E-state index contributed by atoms with van der Waals surface area (Å²) in [6, 6.07) is 5.71. The SMILES string of the molecule is Cc1cnc(Cl)cc1Oc1cc(C)c(Br)c(C)c1. The van der Waals surface area contributed by atoms with Crippen LogP contribution in [0.2, 0.25) is 5.15 Å². The van der Waals surface area contributed by atoms with Crippen LogP contribution in [0.4, 0.5) is 0 Å². The van der Waals surface area contributed by atoms with Gasteiger partial charge in [0.1, 0.15) is 16.7 Å². The lowest BCUT2D eigenvalue weighted by molar-refractivity contribution is 0.477. The molecule has 0 amide bonds. The molecule has 2 aromatic rings. The number of benzene rings is 1. The van der Waals surface area contributed by atoms with E-state index in [0.717, 1.165) is 32.7 Å². The Morgan fingerprint density at radius 2 is 1.67 bits per heavy atom. The van der Waals surface area contributed by atoms with Crippen LogP contribution in [0, 0.1) is 20.8 Å².